The molecule has 0 aromatic heterocycles. The molecule has 0 bridgehead atoms. The van der Waals surface area contributed by atoms with Crippen LogP contribution in [0, 0.1) is 6.92 Å². The van der Waals surface area contributed by atoms with Crippen LogP contribution in [0.2, 0.25) is 0 Å². The third kappa shape index (κ3) is 2.42. The first-order valence-electron chi connectivity index (χ1n) is 5.03. The van der Waals surface area contributed by atoms with E-state index in [0.717, 1.165) is 11.5 Å². The molecule has 0 aliphatic carbocycles. The molecule has 0 aliphatic rings. The third-order valence-electron chi connectivity index (χ3n) is 2.67. The Morgan fingerprint density at radius 1 is 1.13 bits per heavy atom. The van der Waals surface area contributed by atoms with Crippen molar-refractivity contribution in [3.8, 4) is 11.5 Å². The largest absolute Gasteiger partial charge is 0.493 e. The van der Waals surface area contributed by atoms with Crippen LogP contribution in [-0.2, 0) is 0 Å². The first kappa shape index (κ1) is 11.9. The molecule has 84 valence electrons. The average Bonchev–Trinajstić information content (AvgIpc) is 2.27. The highest BCUT2D eigenvalue weighted by molar-refractivity contribution is 5.47. The zero-order chi connectivity index (χ0) is 11.4. The van der Waals surface area contributed by atoms with Crippen LogP contribution in [0.4, 0.5) is 0 Å². The van der Waals surface area contributed by atoms with Gasteiger partial charge in [-0.1, -0.05) is 0 Å². The lowest BCUT2D eigenvalue weighted by atomic mass is 10.0. The number of rotatable bonds is 4. The summed E-state index contributed by atoms with van der Waals surface area (Å²) >= 11 is 0. The van der Waals surface area contributed by atoms with Crippen LogP contribution < -0.4 is 14.8 Å². The maximum absolute atomic E-state index is 5.27. The van der Waals surface area contributed by atoms with Crippen LogP contribution in [0.1, 0.15) is 24.1 Å². The van der Waals surface area contributed by atoms with Crippen molar-refractivity contribution < 1.29 is 9.47 Å². The second-order valence-corrected chi connectivity index (χ2v) is 3.57. The summed E-state index contributed by atoms with van der Waals surface area (Å²) in [5.74, 6) is 1.56. The molecule has 15 heavy (non-hydrogen) atoms. The Hall–Kier alpha value is -1.22. The van der Waals surface area contributed by atoms with Crippen molar-refractivity contribution in [2.75, 3.05) is 21.3 Å². The topological polar surface area (TPSA) is 30.5 Å². The van der Waals surface area contributed by atoms with E-state index in [4.69, 9.17) is 9.47 Å². The fraction of sp³-hybridized carbons (Fsp3) is 0.500. The molecule has 1 atom stereocenters. The van der Waals surface area contributed by atoms with E-state index < -0.39 is 0 Å². The van der Waals surface area contributed by atoms with Gasteiger partial charge < -0.3 is 14.8 Å². The Morgan fingerprint density at radius 3 is 2.13 bits per heavy atom. The quantitative estimate of drug-likeness (QED) is 0.825. The summed E-state index contributed by atoms with van der Waals surface area (Å²) in [5.41, 5.74) is 2.43. The SMILES string of the molecule is CNC(C)c1cc(OC)c(OC)cc1C. The number of aryl methyl sites for hydroxylation is 1. The molecule has 3 nitrogen and oxygen atoms in total. The van der Waals surface area contributed by atoms with Crippen molar-refractivity contribution >= 4 is 0 Å². The summed E-state index contributed by atoms with van der Waals surface area (Å²) in [6, 6.07) is 4.34. The Labute approximate surface area is 91.4 Å². The fourth-order valence-electron chi connectivity index (χ4n) is 1.62. The number of methoxy groups -OCH3 is 2. The number of ether oxygens (including phenoxy) is 2. The summed E-state index contributed by atoms with van der Waals surface area (Å²) in [6.45, 7) is 4.19. The molecule has 1 aromatic carbocycles. The number of benzene rings is 1. The summed E-state index contributed by atoms with van der Waals surface area (Å²) in [4.78, 5) is 0. The fourth-order valence-corrected chi connectivity index (χ4v) is 1.62. The third-order valence-corrected chi connectivity index (χ3v) is 2.67. The molecule has 1 rings (SSSR count). The number of hydrogen-bond donors (Lipinski definition) is 1. The zero-order valence-corrected chi connectivity index (χ0v) is 10.0. The summed E-state index contributed by atoms with van der Waals surface area (Å²) < 4.78 is 10.5. The molecule has 0 fully saturated rings. The van der Waals surface area contributed by atoms with Crippen molar-refractivity contribution in [3.05, 3.63) is 23.3 Å². The van der Waals surface area contributed by atoms with Gasteiger partial charge in [-0.15, -0.1) is 0 Å². The maximum Gasteiger partial charge on any atom is 0.161 e. The van der Waals surface area contributed by atoms with E-state index in [-0.39, 0.29) is 0 Å². The molecule has 0 saturated heterocycles. The van der Waals surface area contributed by atoms with Crippen molar-refractivity contribution in [2.24, 2.45) is 0 Å². The molecule has 0 heterocycles. The Kier molecular flexibility index (Phi) is 3.97. The molecule has 0 saturated carbocycles. The van der Waals surface area contributed by atoms with Crippen LogP contribution in [0.25, 0.3) is 0 Å². The smallest absolute Gasteiger partial charge is 0.161 e. The van der Waals surface area contributed by atoms with Crippen LogP contribution >= 0.6 is 0 Å². The average molecular weight is 209 g/mol. The zero-order valence-electron chi connectivity index (χ0n) is 10.0. The highest BCUT2D eigenvalue weighted by Crippen LogP contribution is 2.32. The predicted octanol–water partition coefficient (Wildman–Crippen LogP) is 2.29. The lowest BCUT2D eigenvalue weighted by molar-refractivity contribution is 0.353. The summed E-state index contributed by atoms with van der Waals surface area (Å²) in [5, 5.41) is 3.21. The Morgan fingerprint density at radius 2 is 1.67 bits per heavy atom. The van der Waals surface area contributed by atoms with Gasteiger partial charge in [0, 0.05) is 6.04 Å². The minimum Gasteiger partial charge on any atom is -0.493 e. The second-order valence-electron chi connectivity index (χ2n) is 3.57. The van der Waals surface area contributed by atoms with Crippen LogP contribution in [0.15, 0.2) is 12.1 Å². The van der Waals surface area contributed by atoms with E-state index in [1.165, 1.54) is 11.1 Å². The molecule has 0 spiro atoms. The van der Waals surface area contributed by atoms with E-state index in [1.807, 2.05) is 19.2 Å². The van der Waals surface area contributed by atoms with Crippen molar-refractivity contribution in [1.29, 1.82) is 0 Å². The molecule has 1 unspecified atom stereocenters. The molecule has 1 aromatic rings. The molecule has 1 N–H and O–H groups in total. The predicted molar refractivity (Wildman–Crippen MR) is 61.8 cm³/mol. The minimum absolute atomic E-state index is 0.310. The van der Waals surface area contributed by atoms with Gasteiger partial charge in [-0.2, -0.15) is 0 Å². The van der Waals surface area contributed by atoms with Gasteiger partial charge in [0.25, 0.3) is 0 Å². The molecule has 3 heteroatoms. The van der Waals surface area contributed by atoms with Crippen LogP contribution in [0.5, 0.6) is 11.5 Å². The lowest BCUT2D eigenvalue weighted by Crippen LogP contribution is -2.13. The highest BCUT2D eigenvalue weighted by atomic mass is 16.5. The van der Waals surface area contributed by atoms with Gasteiger partial charge in [0.2, 0.25) is 0 Å². The van der Waals surface area contributed by atoms with Gasteiger partial charge in [-0.3, -0.25) is 0 Å². The van der Waals surface area contributed by atoms with E-state index in [0.29, 0.717) is 6.04 Å². The maximum atomic E-state index is 5.27. The Balaban J connectivity index is 3.19. The van der Waals surface area contributed by atoms with Crippen LogP contribution in [0.3, 0.4) is 0 Å². The molecular formula is C12H19NO2. The molecular weight excluding hydrogens is 190 g/mol. The van der Waals surface area contributed by atoms with E-state index >= 15 is 0 Å². The van der Waals surface area contributed by atoms with Crippen molar-refractivity contribution in [2.45, 2.75) is 19.9 Å². The van der Waals surface area contributed by atoms with Crippen molar-refractivity contribution in [1.82, 2.24) is 5.32 Å². The molecule has 0 aliphatic heterocycles. The Bertz CT molecular complexity index is 337. The summed E-state index contributed by atoms with van der Waals surface area (Å²) in [7, 11) is 5.25. The minimum atomic E-state index is 0.310. The summed E-state index contributed by atoms with van der Waals surface area (Å²) in [6.07, 6.45) is 0. The standard InChI is InChI=1S/C12H19NO2/c1-8-6-11(14-4)12(15-5)7-10(8)9(2)13-3/h6-7,9,13H,1-5H3. The first-order valence-corrected chi connectivity index (χ1v) is 5.03. The van der Waals surface area contributed by atoms with Gasteiger partial charge in [0.05, 0.1) is 14.2 Å². The molecule has 0 amide bonds. The van der Waals surface area contributed by atoms with Crippen LogP contribution in [-0.4, -0.2) is 21.3 Å². The van der Waals surface area contributed by atoms with Crippen molar-refractivity contribution in [3.63, 3.8) is 0 Å². The monoisotopic (exact) mass is 209 g/mol. The van der Waals surface area contributed by atoms with E-state index in [1.54, 1.807) is 14.2 Å². The van der Waals surface area contributed by atoms with E-state index in [9.17, 15) is 0 Å². The highest BCUT2D eigenvalue weighted by Gasteiger charge is 2.11. The second kappa shape index (κ2) is 5.03. The number of nitrogens with one attached hydrogen (secondary N) is 1. The number of hydrogen-bond acceptors (Lipinski definition) is 3. The lowest BCUT2D eigenvalue weighted by Gasteiger charge is -2.17. The van der Waals surface area contributed by atoms with Gasteiger partial charge in [0.1, 0.15) is 0 Å². The molecule has 0 radical (unpaired) electrons. The van der Waals surface area contributed by atoms with E-state index in [2.05, 4.69) is 19.2 Å². The van der Waals surface area contributed by atoms with Gasteiger partial charge in [-0.25, -0.2) is 0 Å². The van der Waals surface area contributed by atoms with Gasteiger partial charge in [-0.05, 0) is 44.2 Å². The van der Waals surface area contributed by atoms with Gasteiger partial charge in [0.15, 0.2) is 11.5 Å². The normalized spacial score (nSPS) is 12.3. The first-order chi connectivity index (χ1) is 7.13. The van der Waals surface area contributed by atoms with Gasteiger partial charge >= 0.3 is 0 Å².